The van der Waals surface area contributed by atoms with Gasteiger partial charge in [-0.1, -0.05) is 31.9 Å². The van der Waals surface area contributed by atoms with Crippen molar-refractivity contribution < 1.29 is 0 Å². The maximum atomic E-state index is 4.58. The molecule has 0 fully saturated rings. The summed E-state index contributed by atoms with van der Waals surface area (Å²) in [5.41, 5.74) is 6.13. The van der Waals surface area contributed by atoms with Crippen molar-refractivity contribution in [2.45, 2.75) is 39.3 Å². The normalized spacial score (nSPS) is 12.0. The van der Waals surface area contributed by atoms with E-state index in [9.17, 15) is 0 Å². The van der Waals surface area contributed by atoms with Gasteiger partial charge in [0.05, 0.1) is 22.9 Å². The van der Waals surface area contributed by atoms with Gasteiger partial charge in [-0.25, -0.2) is 0 Å². The van der Waals surface area contributed by atoms with Crippen LogP contribution in [0.25, 0.3) is 43.6 Å². The summed E-state index contributed by atoms with van der Waals surface area (Å²) in [5.74, 6) is 0. The van der Waals surface area contributed by atoms with Crippen molar-refractivity contribution in [2.24, 2.45) is 0 Å². The third-order valence-corrected chi connectivity index (χ3v) is 7.80. The van der Waals surface area contributed by atoms with Crippen molar-refractivity contribution in [2.75, 3.05) is 0 Å². The summed E-state index contributed by atoms with van der Waals surface area (Å²) >= 11 is 7.27. The molecule has 4 heterocycles. The predicted octanol–water partition coefficient (Wildman–Crippen LogP) is 8.40. The fraction of sp³-hybridized carbons (Fsp3) is 0.214. The van der Waals surface area contributed by atoms with Crippen LogP contribution in [0.1, 0.15) is 25.0 Å². The van der Waals surface area contributed by atoms with E-state index in [-0.39, 0.29) is 0 Å². The van der Waals surface area contributed by atoms with Crippen molar-refractivity contribution in [3.63, 3.8) is 0 Å². The summed E-state index contributed by atoms with van der Waals surface area (Å²) in [6, 6.07) is 17.4. The molecule has 0 saturated carbocycles. The van der Waals surface area contributed by atoms with Crippen LogP contribution in [0, 0.1) is 6.92 Å². The number of pyridine rings is 2. The Bertz CT molecular complexity index is 1680. The molecule has 0 amide bonds. The molecule has 0 spiro atoms. The van der Waals surface area contributed by atoms with Crippen LogP contribution in [0.15, 0.2) is 76.1 Å². The van der Waals surface area contributed by atoms with Crippen molar-refractivity contribution in [1.29, 1.82) is 0 Å². The summed E-state index contributed by atoms with van der Waals surface area (Å²) in [5, 5.41) is 5.13. The molecule has 0 N–H and O–H groups in total. The Balaban J connectivity index is 1.24. The van der Waals surface area contributed by atoms with E-state index in [0.29, 0.717) is 0 Å². The van der Waals surface area contributed by atoms with Gasteiger partial charge >= 0.3 is 0 Å². The van der Waals surface area contributed by atoms with Crippen LogP contribution in [-0.2, 0) is 13.1 Å². The highest BCUT2D eigenvalue weighted by Crippen LogP contribution is 2.33. The van der Waals surface area contributed by atoms with E-state index >= 15 is 0 Å². The molecule has 6 aromatic rings. The lowest BCUT2D eigenvalue weighted by molar-refractivity contribution is 0.569. The van der Waals surface area contributed by atoms with Gasteiger partial charge in [-0.05, 0) is 74.7 Å². The molecule has 0 aliphatic rings. The highest BCUT2D eigenvalue weighted by atomic mass is 79.9. The quantitative estimate of drug-likeness (QED) is 0.187. The Kier molecular flexibility index (Phi) is 5.66. The fourth-order valence-electron chi connectivity index (χ4n) is 5.30. The molecule has 0 atom stereocenters. The van der Waals surface area contributed by atoms with E-state index in [2.05, 4.69) is 106 Å². The lowest BCUT2D eigenvalue weighted by Crippen LogP contribution is -2.02. The average Bonchev–Trinajstić information content (AvgIpc) is 3.32. The number of hydrogen-bond donors (Lipinski definition) is 0. The van der Waals surface area contributed by atoms with Gasteiger partial charge in [0.15, 0.2) is 0 Å². The van der Waals surface area contributed by atoms with Gasteiger partial charge in [0, 0.05) is 67.0 Å². The third kappa shape index (κ3) is 3.64. The second-order valence-electron chi connectivity index (χ2n) is 8.87. The molecule has 0 aliphatic heterocycles. The summed E-state index contributed by atoms with van der Waals surface area (Å²) in [4.78, 5) is 8.98. The number of hydrogen-bond acceptors (Lipinski definition) is 2. The highest BCUT2D eigenvalue weighted by molar-refractivity contribution is 9.10. The Labute approximate surface area is 214 Å². The van der Waals surface area contributed by atoms with E-state index in [0.717, 1.165) is 47.0 Å². The monoisotopic (exact) mass is 574 g/mol. The first-order chi connectivity index (χ1) is 16.6. The molecule has 6 rings (SSSR count). The second-order valence-corrected chi connectivity index (χ2v) is 10.7. The molecule has 0 saturated heterocycles. The number of rotatable bonds is 6. The number of aromatic nitrogens is 4. The van der Waals surface area contributed by atoms with Gasteiger partial charge in [-0.15, -0.1) is 0 Å². The highest BCUT2D eigenvalue weighted by Gasteiger charge is 2.14. The first kappa shape index (κ1) is 21.8. The topological polar surface area (TPSA) is 35.6 Å². The molecule has 170 valence electrons. The molecular formula is C28H24Br2N4. The molecule has 0 unspecified atom stereocenters. The van der Waals surface area contributed by atoms with Crippen molar-refractivity contribution >= 4 is 75.5 Å². The maximum Gasteiger partial charge on any atom is 0.0707 e. The molecule has 6 heteroatoms. The Hall–Kier alpha value is -2.70. The smallest absolute Gasteiger partial charge is 0.0707 e. The molecule has 0 radical (unpaired) electrons. The Morgan fingerprint density at radius 3 is 2.09 bits per heavy atom. The maximum absolute atomic E-state index is 4.58. The number of benzene rings is 2. The molecule has 34 heavy (non-hydrogen) atoms. The summed E-state index contributed by atoms with van der Waals surface area (Å²) < 4.78 is 7.11. The van der Waals surface area contributed by atoms with Gasteiger partial charge in [0.25, 0.3) is 0 Å². The van der Waals surface area contributed by atoms with E-state index in [1.807, 2.05) is 18.6 Å². The standard InChI is InChI=1S/C28H24Br2N4/c1-18-28-22(10-12-32-18)24-16-20(30)6-8-26(24)34(28)14-4-2-3-13-33-25-7-5-19(29)15-23(25)21-9-11-31-17-27(21)33/h5-12,15-17H,2-4,13-14H2,1H3. The van der Waals surface area contributed by atoms with E-state index in [4.69, 9.17) is 0 Å². The fourth-order valence-corrected chi connectivity index (χ4v) is 6.03. The summed E-state index contributed by atoms with van der Waals surface area (Å²) in [6.45, 7) is 4.10. The van der Waals surface area contributed by atoms with Crippen molar-refractivity contribution in [1.82, 2.24) is 19.1 Å². The molecular weight excluding hydrogens is 552 g/mol. The van der Waals surface area contributed by atoms with Crippen LogP contribution < -0.4 is 0 Å². The van der Waals surface area contributed by atoms with Gasteiger partial charge < -0.3 is 9.13 Å². The predicted molar refractivity (Wildman–Crippen MR) is 148 cm³/mol. The van der Waals surface area contributed by atoms with Crippen LogP contribution in [0.2, 0.25) is 0 Å². The van der Waals surface area contributed by atoms with Crippen LogP contribution in [0.4, 0.5) is 0 Å². The Morgan fingerprint density at radius 2 is 1.32 bits per heavy atom. The van der Waals surface area contributed by atoms with Gasteiger partial charge in [0.1, 0.15) is 0 Å². The zero-order valence-corrected chi connectivity index (χ0v) is 22.1. The lowest BCUT2D eigenvalue weighted by Gasteiger charge is -2.10. The summed E-state index contributed by atoms with van der Waals surface area (Å²) in [6.07, 6.45) is 9.22. The van der Waals surface area contributed by atoms with Crippen molar-refractivity contribution in [3.8, 4) is 0 Å². The molecule has 4 nitrogen and oxygen atoms in total. The number of halogens is 2. The van der Waals surface area contributed by atoms with E-state index in [1.54, 1.807) is 0 Å². The minimum Gasteiger partial charge on any atom is -0.339 e. The van der Waals surface area contributed by atoms with Crippen LogP contribution in [0.3, 0.4) is 0 Å². The van der Waals surface area contributed by atoms with E-state index in [1.165, 1.54) is 43.6 Å². The summed E-state index contributed by atoms with van der Waals surface area (Å²) in [7, 11) is 0. The number of unbranched alkanes of at least 4 members (excludes halogenated alkanes) is 2. The van der Waals surface area contributed by atoms with Crippen molar-refractivity contribution in [3.05, 3.63) is 81.8 Å². The van der Waals surface area contributed by atoms with Gasteiger partial charge in [-0.3, -0.25) is 9.97 Å². The van der Waals surface area contributed by atoms with Crippen LogP contribution in [0.5, 0.6) is 0 Å². The minimum atomic E-state index is 0.994. The minimum absolute atomic E-state index is 0.994. The Morgan fingerprint density at radius 1 is 0.676 bits per heavy atom. The first-order valence-corrected chi connectivity index (χ1v) is 13.2. The number of aryl methyl sites for hydroxylation is 3. The lowest BCUT2D eigenvalue weighted by atomic mass is 10.2. The first-order valence-electron chi connectivity index (χ1n) is 11.7. The van der Waals surface area contributed by atoms with Crippen LogP contribution >= 0.6 is 31.9 Å². The zero-order chi connectivity index (χ0) is 23.2. The SMILES string of the molecule is Cc1nccc2c3cc(Br)ccc3n(CCCCCn3c4ccc(Br)cc4c4ccncc43)c12. The van der Waals surface area contributed by atoms with Gasteiger partial charge in [-0.2, -0.15) is 0 Å². The third-order valence-electron chi connectivity index (χ3n) is 6.81. The van der Waals surface area contributed by atoms with Crippen LogP contribution in [-0.4, -0.2) is 19.1 Å². The molecule has 0 aliphatic carbocycles. The van der Waals surface area contributed by atoms with Gasteiger partial charge in [0.2, 0.25) is 0 Å². The largest absolute Gasteiger partial charge is 0.339 e. The number of nitrogens with zero attached hydrogens (tertiary/aromatic N) is 4. The second kappa shape index (κ2) is 8.82. The average molecular weight is 576 g/mol. The molecule has 4 aromatic heterocycles. The number of fused-ring (bicyclic) bond motifs is 6. The molecule has 2 aromatic carbocycles. The molecule has 0 bridgehead atoms. The zero-order valence-electron chi connectivity index (χ0n) is 18.9. The van der Waals surface area contributed by atoms with E-state index < -0.39 is 0 Å².